The lowest BCUT2D eigenvalue weighted by Gasteiger charge is -2.37. The van der Waals surface area contributed by atoms with Crippen molar-refractivity contribution in [1.29, 1.82) is 0 Å². The molecule has 0 saturated carbocycles. The van der Waals surface area contributed by atoms with Crippen LogP contribution in [-0.2, 0) is 8.23 Å². The first-order valence-corrected chi connectivity index (χ1v) is 13.9. The van der Waals surface area contributed by atoms with Crippen LogP contribution in [0.3, 0.4) is 0 Å². The SMILES string of the molecule is CN[Si](C)(C)O[Si](C)(C)O[Si](C)(C)NC. The third-order valence-electron chi connectivity index (χ3n) is 2.21. The first-order valence-electron chi connectivity index (χ1n) is 5.32. The highest BCUT2D eigenvalue weighted by Gasteiger charge is 2.38. The van der Waals surface area contributed by atoms with Gasteiger partial charge >= 0.3 is 8.56 Å². The van der Waals surface area contributed by atoms with Crippen LogP contribution in [0.1, 0.15) is 0 Å². The minimum atomic E-state index is -2.02. The number of hydrogen-bond donors (Lipinski definition) is 2. The van der Waals surface area contributed by atoms with Gasteiger partial charge in [0.1, 0.15) is 0 Å². The van der Waals surface area contributed by atoms with Gasteiger partial charge in [-0.1, -0.05) is 0 Å². The molecule has 0 unspecified atom stereocenters. The van der Waals surface area contributed by atoms with Crippen molar-refractivity contribution in [2.75, 3.05) is 14.1 Å². The van der Waals surface area contributed by atoms with Gasteiger partial charge in [-0.25, -0.2) is 0 Å². The maximum Gasteiger partial charge on any atom is 0.312 e. The fourth-order valence-electron chi connectivity index (χ4n) is 1.35. The average molecular weight is 267 g/mol. The second kappa shape index (κ2) is 5.21. The lowest BCUT2D eigenvalue weighted by molar-refractivity contribution is 0.380. The van der Waals surface area contributed by atoms with Crippen LogP contribution < -0.4 is 9.96 Å². The summed E-state index contributed by atoms with van der Waals surface area (Å²) >= 11 is 0. The molecule has 0 aliphatic heterocycles. The summed E-state index contributed by atoms with van der Waals surface area (Å²) in [7, 11) is -1.59. The molecule has 0 aliphatic rings. The molecule has 0 rings (SSSR count). The zero-order chi connectivity index (χ0) is 12.3. The Balaban J connectivity index is 4.43. The summed E-state index contributed by atoms with van der Waals surface area (Å²) in [6.45, 7) is 12.8. The number of hydrogen-bond acceptors (Lipinski definition) is 4. The van der Waals surface area contributed by atoms with Crippen LogP contribution >= 0.6 is 0 Å². The molecule has 0 aliphatic carbocycles. The fourth-order valence-corrected chi connectivity index (χ4v) is 12.5. The van der Waals surface area contributed by atoms with Gasteiger partial charge in [0.15, 0.2) is 0 Å². The van der Waals surface area contributed by atoms with E-state index in [0.29, 0.717) is 0 Å². The van der Waals surface area contributed by atoms with Crippen molar-refractivity contribution < 1.29 is 8.23 Å². The van der Waals surface area contributed by atoms with Gasteiger partial charge in [-0.3, -0.25) is 0 Å². The van der Waals surface area contributed by atoms with Gasteiger partial charge in [0.25, 0.3) is 17.0 Å². The van der Waals surface area contributed by atoms with Gasteiger partial charge in [-0.15, -0.1) is 0 Å². The largest absolute Gasteiger partial charge is 0.424 e. The fraction of sp³-hybridized carbons (Fsp3) is 1.00. The monoisotopic (exact) mass is 266 g/mol. The Bertz CT molecular complexity index is 190. The highest BCUT2D eigenvalue weighted by atomic mass is 28.5. The molecule has 0 aromatic heterocycles. The van der Waals surface area contributed by atoms with Gasteiger partial charge in [0.05, 0.1) is 0 Å². The Morgan fingerprint density at radius 2 is 0.933 bits per heavy atom. The van der Waals surface area contributed by atoms with Crippen LogP contribution in [-0.4, -0.2) is 39.6 Å². The average Bonchev–Trinajstić information content (AvgIpc) is 2.00. The van der Waals surface area contributed by atoms with Gasteiger partial charge < -0.3 is 18.2 Å². The number of nitrogens with one attached hydrogen (secondary N) is 2. The molecule has 0 saturated heterocycles. The van der Waals surface area contributed by atoms with Crippen LogP contribution in [0.4, 0.5) is 0 Å². The first kappa shape index (κ1) is 15.5. The highest BCUT2D eigenvalue weighted by molar-refractivity contribution is 6.86. The summed E-state index contributed by atoms with van der Waals surface area (Å²) in [6, 6.07) is 0. The van der Waals surface area contributed by atoms with Crippen molar-refractivity contribution >= 4 is 25.5 Å². The van der Waals surface area contributed by atoms with Crippen LogP contribution in [0, 0.1) is 0 Å². The standard InChI is InChI=1S/C8H26N2O2Si3/c1-9-13(3,4)11-15(7,8)12-14(5,6)10-2/h9-10H,1-8H3. The van der Waals surface area contributed by atoms with E-state index in [4.69, 9.17) is 8.23 Å². The zero-order valence-electron chi connectivity index (χ0n) is 11.3. The molecule has 0 bridgehead atoms. The van der Waals surface area contributed by atoms with Crippen molar-refractivity contribution in [3.05, 3.63) is 0 Å². The topological polar surface area (TPSA) is 42.5 Å². The summed E-state index contributed by atoms with van der Waals surface area (Å²) in [5, 5.41) is 0. The normalized spacial score (nSPS) is 14.4. The molecule has 7 heteroatoms. The van der Waals surface area contributed by atoms with Crippen molar-refractivity contribution in [3.8, 4) is 0 Å². The Hall–Kier alpha value is 0.491. The Labute approximate surface area is 97.4 Å². The molecule has 2 N–H and O–H groups in total. The maximum absolute atomic E-state index is 6.15. The van der Waals surface area contributed by atoms with E-state index in [9.17, 15) is 0 Å². The van der Waals surface area contributed by atoms with Gasteiger partial charge in [0.2, 0.25) is 0 Å². The van der Waals surface area contributed by atoms with Crippen molar-refractivity contribution in [2.45, 2.75) is 39.3 Å². The van der Waals surface area contributed by atoms with Gasteiger partial charge in [0, 0.05) is 0 Å². The second-order valence-corrected chi connectivity index (χ2v) is 16.6. The highest BCUT2D eigenvalue weighted by Crippen LogP contribution is 2.17. The summed E-state index contributed by atoms with van der Waals surface area (Å²) < 4.78 is 12.3. The maximum atomic E-state index is 6.15. The van der Waals surface area contributed by atoms with Crippen LogP contribution in [0.5, 0.6) is 0 Å². The number of rotatable bonds is 6. The first-order chi connectivity index (χ1) is 6.54. The molecule has 92 valence electrons. The molecule has 0 radical (unpaired) electrons. The quantitative estimate of drug-likeness (QED) is 0.716. The summed E-state index contributed by atoms with van der Waals surface area (Å²) in [5.74, 6) is 0. The van der Waals surface area contributed by atoms with Crippen LogP contribution in [0.15, 0.2) is 0 Å². The van der Waals surface area contributed by atoms with E-state index in [1.165, 1.54) is 0 Å². The van der Waals surface area contributed by atoms with E-state index in [-0.39, 0.29) is 0 Å². The predicted molar refractivity (Wildman–Crippen MR) is 72.7 cm³/mol. The van der Waals surface area contributed by atoms with E-state index >= 15 is 0 Å². The van der Waals surface area contributed by atoms with E-state index in [1.54, 1.807) is 0 Å². The van der Waals surface area contributed by atoms with E-state index in [0.717, 1.165) is 0 Å². The molecular formula is C8H26N2O2Si3. The molecule has 0 aromatic rings. The molecule has 4 nitrogen and oxygen atoms in total. The minimum absolute atomic E-state index is 1.74. The molecule has 0 amide bonds. The summed E-state index contributed by atoms with van der Waals surface area (Å²) in [5.41, 5.74) is 0. The summed E-state index contributed by atoms with van der Waals surface area (Å²) in [6.07, 6.45) is 0. The lowest BCUT2D eigenvalue weighted by Crippen LogP contribution is -2.60. The minimum Gasteiger partial charge on any atom is -0.424 e. The second-order valence-electron chi connectivity index (χ2n) is 5.12. The van der Waals surface area contributed by atoms with Crippen LogP contribution in [0.2, 0.25) is 39.3 Å². The van der Waals surface area contributed by atoms with E-state index in [2.05, 4.69) is 49.2 Å². The molecule has 15 heavy (non-hydrogen) atoms. The molecule has 0 fully saturated rings. The zero-order valence-corrected chi connectivity index (χ0v) is 14.3. The van der Waals surface area contributed by atoms with Crippen molar-refractivity contribution in [3.63, 3.8) is 0 Å². The molecule has 0 heterocycles. The lowest BCUT2D eigenvalue weighted by atomic mass is 11.6. The predicted octanol–water partition coefficient (Wildman–Crippen LogP) is 1.56. The molecule has 0 atom stereocenters. The van der Waals surface area contributed by atoms with Crippen LogP contribution in [0.25, 0.3) is 0 Å². The Morgan fingerprint density at radius 3 is 1.13 bits per heavy atom. The van der Waals surface area contributed by atoms with Gasteiger partial charge in [-0.2, -0.15) is 0 Å². The van der Waals surface area contributed by atoms with E-state index < -0.39 is 25.5 Å². The molecule has 0 aromatic carbocycles. The summed E-state index contributed by atoms with van der Waals surface area (Å²) in [4.78, 5) is 6.54. The molecular weight excluding hydrogens is 240 g/mol. The molecule has 0 spiro atoms. The Kier molecular flexibility index (Phi) is 5.38. The Morgan fingerprint density at radius 1 is 0.667 bits per heavy atom. The van der Waals surface area contributed by atoms with Crippen molar-refractivity contribution in [1.82, 2.24) is 9.96 Å². The smallest absolute Gasteiger partial charge is 0.312 e. The van der Waals surface area contributed by atoms with Crippen molar-refractivity contribution in [2.24, 2.45) is 0 Å². The third-order valence-corrected chi connectivity index (χ3v) is 12.6. The van der Waals surface area contributed by atoms with Gasteiger partial charge in [-0.05, 0) is 53.4 Å². The third kappa shape index (κ3) is 6.61. The van der Waals surface area contributed by atoms with E-state index in [1.807, 2.05) is 14.1 Å².